The predicted molar refractivity (Wildman–Crippen MR) is 86.4 cm³/mol. The number of amides is 1. The Morgan fingerprint density at radius 2 is 1.32 bits per heavy atom. The van der Waals surface area contributed by atoms with E-state index in [0.717, 1.165) is 11.1 Å². The Hall–Kier alpha value is -2.94. The number of carbonyl (C=O) groups excluding carboxylic acids is 1. The Labute approximate surface area is 129 Å². The van der Waals surface area contributed by atoms with Crippen LogP contribution in [0, 0.1) is 0 Å². The fourth-order valence-electron chi connectivity index (χ4n) is 2.36. The summed E-state index contributed by atoms with van der Waals surface area (Å²) in [7, 11) is 0. The lowest BCUT2D eigenvalue weighted by Gasteiger charge is -2.19. The molecule has 0 aliphatic rings. The van der Waals surface area contributed by atoms with E-state index in [4.69, 9.17) is 0 Å². The zero-order chi connectivity index (χ0) is 15.2. The van der Waals surface area contributed by atoms with E-state index in [1.54, 1.807) is 12.4 Å². The van der Waals surface area contributed by atoms with Gasteiger partial charge in [-0.1, -0.05) is 48.5 Å². The number of carbonyl (C=O) groups is 1. The molecule has 0 aliphatic carbocycles. The monoisotopic (exact) mass is 288 g/mol. The molecule has 0 saturated heterocycles. The molecule has 0 aliphatic heterocycles. The van der Waals surface area contributed by atoms with Gasteiger partial charge in [-0.25, -0.2) is 0 Å². The molecule has 1 N–H and O–H groups in total. The van der Waals surface area contributed by atoms with Crippen LogP contribution >= 0.6 is 0 Å². The van der Waals surface area contributed by atoms with Crippen LogP contribution in [0.25, 0.3) is 0 Å². The van der Waals surface area contributed by atoms with E-state index < -0.39 is 0 Å². The first-order chi connectivity index (χ1) is 10.8. The van der Waals surface area contributed by atoms with Crippen molar-refractivity contribution in [3.8, 4) is 0 Å². The predicted octanol–water partition coefficient (Wildman–Crippen LogP) is 3.60. The van der Waals surface area contributed by atoms with E-state index in [0.29, 0.717) is 5.56 Å². The second kappa shape index (κ2) is 6.68. The highest BCUT2D eigenvalue weighted by atomic mass is 16.1. The van der Waals surface area contributed by atoms with E-state index >= 15 is 0 Å². The van der Waals surface area contributed by atoms with Crippen molar-refractivity contribution in [2.24, 2.45) is 0 Å². The van der Waals surface area contributed by atoms with Crippen LogP contribution in [-0.4, -0.2) is 10.9 Å². The molecule has 0 radical (unpaired) electrons. The van der Waals surface area contributed by atoms with E-state index in [2.05, 4.69) is 10.3 Å². The molecule has 3 aromatic rings. The summed E-state index contributed by atoms with van der Waals surface area (Å²) < 4.78 is 0. The molecule has 108 valence electrons. The van der Waals surface area contributed by atoms with Crippen molar-refractivity contribution in [1.82, 2.24) is 10.3 Å². The van der Waals surface area contributed by atoms with Crippen LogP contribution in [0.3, 0.4) is 0 Å². The maximum atomic E-state index is 12.5. The maximum Gasteiger partial charge on any atom is 0.252 e. The van der Waals surface area contributed by atoms with Gasteiger partial charge in [0.2, 0.25) is 0 Å². The van der Waals surface area contributed by atoms with E-state index in [-0.39, 0.29) is 11.9 Å². The summed E-state index contributed by atoms with van der Waals surface area (Å²) in [5.41, 5.74) is 2.70. The highest BCUT2D eigenvalue weighted by Crippen LogP contribution is 2.21. The van der Waals surface area contributed by atoms with Gasteiger partial charge in [0.05, 0.1) is 6.04 Å². The number of nitrogens with one attached hydrogen (secondary N) is 1. The number of nitrogens with zero attached hydrogens (tertiary/aromatic N) is 1. The van der Waals surface area contributed by atoms with Gasteiger partial charge in [0.1, 0.15) is 0 Å². The summed E-state index contributed by atoms with van der Waals surface area (Å²) in [6.07, 6.45) is 3.47. The van der Waals surface area contributed by atoms with Crippen molar-refractivity contribution in [2.75, 3.05) is 0 Å². The fourth-order valence-corrected chi connectivity index (χ4v) is 2.36. The molecule has 0 spiro atoms. The van der Waals surface area contributed by atoms with E-state index in [1.165, 1.54) is 0 Å². The summed E-state index contributed by atoms with van der Waals surface area (Å²) in [5, 5.41) is 3.10. The van der Waals surface area contributed by atoms with Crippen LogP contribution < -0.4 is 5.32 Å². The molecule has 3 nitrogen and oxygen atoms in total. The average molecular weight is 288 g/mol. The normalized spacial score (nSPS) is 11.6. The van der Waals surface area contributed by atoms with Crippen molar-refractivity contribution in [2.45, 2.75) is 6.04 Å². The van der Waals surface area contributed by atoms with Gasteiger partial charge in [-0.15, -0.1) is 0 Å². The molecule has 0 bridgehead atoms. The number of benzene rings is 2. The van der Waals surface area contributed by atoms with Crippen molar-refractivity contribution in [3.05, 3.63) is 102 Å². The topological polar surface area (TPSA) is 42.0 Å². The lowest BCUT2D eigenvalue weighted by atomic mass is 9.99. The first-order valence-corrected chi connectivity index (χ1v) is 7.15. The fraction of sp³-hybridized carbons (Fsp3) is 0.0526. The Balaban J connectivity index is 1.91. The van der Waals surface area contributed by atoms with Crippen molar-refractivity contribution in [3.63, 3.8) is 0 Å². The Bertz CT molecular complexity index is 688. The zero-order valence-corrected chi connectivity index (χ0v) is 12.0. The SMILES string of the molecule is O=C(N[C@H](c1ccccc1)c1ccncc1)c1ccccc1. The third-order valence-corrected chi connectivity index (χ3v) is 3.48. The van der Waals surface area contributed by atoms with Crippen LogP contribution in [-0.2, 0) is 0 Å². The third kappa shape index (κ3) is 3.20. The lowest BCUT2D eigenvalue weighted by Crippen LogP contribution is -2.29. The summed E-state index contributed by atoms with van der Waals surface area (Å²) in [6.45, 7) is 0. The first-order valence-electron chi connectivity index (χ1n) is 7.15. The van der Waals surface area contributed by atoms with Crippen molar-refractivity contribution < 1.29 is 4.79 Å². The number of aromatic nitrogens is 1. The molecule has 1 heterocycles. The van der Waals surface area contributed by atoms with E-state index in [1.807, 2.05) is 72.8 Å². The van der Waals surface area contributed by atoms with Gasteiger partial charge >= 0.3 is 0 Å². The van der Waals surface area contributed by atoms with Gasteiger partial charge in [-0.3, -0.25) is 9.78 Å². The molecular formula is C19H16N2O. The molecule has 0 fully saturated rings. The van der Waals surface area contributed by atoms with Crippen LogP contribution in [0.1, 0.15) is 27.5 Å². The number of rotatable bonds is 4. The molecule has 22 heavy (non-hydrogen) atoms. The second-order valence-electron chi connectivity index (χ2n) is 4.96. The third-order valence-electron chi connectivity index (χ3n) is 3.48. The maximum absolute atomic E-state index is 12.5. The minimum atomic E-state index is -0.197. The van der Waals surface area contributed by atoms with E-state index in [9.17, 15) is 4.79 Å². The van der Waals surface area contributed by atoms with Gasteiger partial charge in [-0.2, -0.15) is 0 Å². The smallest absolute Gasteiger partial charge is 0.252 e. The number of pyridine rings is 1. The summed E-state index contributed by atoms with van der Waals surface area (Å²) in [4.78, 5) is 16.5. The molecule has 2 aromatic carbocycles. The highest BCUT2D eigenvalue weighted by molar-refractivity contribution is 5.94. The first kappa shape index (κ1) is 14.0. The number of hydrogen-bond acceptors (Lipinski definition) is 2. The zero-order valence-electron chi connectivity index (χ0n) is 12.0. The average Bonchev–Trinajstić information content (AvgIpc) is 2.62. The molecule has 3 heteroatoms. The van der Waals surface area contributed by atoms with Crippen molar-refractivity contribution >= 4 is 5.91 Å². The minimum absolute atomic E-state index is 0.0914. The van der Waals surface area contributed by atoms with Gasteiger partial charge in [0.15, 0.2) is 0 Å². The molecular weight excluding hydrogens is 272 g/mol. The summed E-state index contributed by atoms with van der Waals surface area (Å²) in [6, 6.07) is 22.8. The second-order valence-corrected chi connectivity index (χ2v) is 4.96. The van der Waals surface area contributed by atoms with Gasteiger partial charge in [-0.05, 0) is 35.4 Å². The molecule has 1 atom stereocenters. The van der Waals surface area contributed by atoms with Crippen LogP contribution in [0.15, 0.2) is 85.2 Å². The van der Waals surface area contributed by atoms with Gasteiger partial charge in [0, 0.05) is 18.0 Å². The van der Waals surface area contributed by atoms with Gasteiger partial charge in [0.25, 0.3) is 5.91 Å². The van der Waals surface area contributed by atoms with Crippen LogP contribution in [0.2, 0.25) is 0 Å². The van der Waals surface area contributed by atoms with Crippen LogP contribution in [0.5, 0.6) is 0 Å². The Morgan fingerprint density at radius 1 is 0.773 bits per heavy atom. The lowest BCUT2D eigenvalue weighted by molar-refractivity contribution is 0.0943. The largest absolute Gasteiger partial charge is 0.341 e. The van der Waals surface area contributed by atoms with Gasteiger partial charge < -0.3 is 5.32 Å². The van der Waals surface area contributed by atoms with Crippen molar-refractivity contribution in [1.29, 1.82) is 0 Å². The molecule has 3 rings (SSSR count). The minimum Gasteiger partial charge on any atom is -0.341 e. The summed E-state index contributed by atoms with van der Waals surface area (Å²) in [5.74, 6) is -0.0914. The highest BCUT2D eigenvalue weighted by Gasteiger charge is 2.17. The van der Waals surface area contributed by atoms with Crippen LogP contribution in [0.4, 0.5) is 0 Å². The molecule has 0 saturated carbocycles. The number of hydrogen-bond donors (Lipinski definition) is 1. The molecule has 0 unspecified atom stereocenters. The summed E-state index contributed by atoms with van der Waals surface area (Å²) >= 11 is 0. The Kier molecular flexibility index (Phi) is 4.25. The standard InChI is InChI=1S/C19H16N2O/c22-19(17-9-5-2-6-10-17)21-18(15-7-3-1-4-8-15)16-11-13-20-14-12-16/h1-14,18H,(H,21,22)/t18-/m1/s1. The molecule has 1 aromatic heterocycles. The quantitative estimate of drug-likeness (QED) is 0.797. The Morgan fingerprint density at radius 3 is 1.95 bits per heavy atom. The molecule has 1 amide bonds.